The summed E-state index contributed by atoms with van der Waals surface area (Å²) in [4.78, 5) is 0. The van der Waals surface area contributed by atoms with Crippen LogP contribution in [-0.2, 0) is 6.54 Å². The van der Waals surface area contributed by atoms with Gasteiger partial charge in [-0.25, -0.2) is 8.78 Å². The van der Waals surface area contributed by atoms with Crippen molar-refractivity contribution in [2.75, 3.05) is 6.54 Å². The van der Waals surface area contributed by atoms with Crippen LogP contribution >= 0.6 is 0 Å². The fourth-order valence-electron chi connectivity index (χ4n) is 1.93. The smallest absolute Gasteiger partial charge is 0.263 e. The molecule has 2 N–H and O–H groups in total. The quantitative estimate of drug-likeness (QED) is 0.847. The third-order valence-electron chi connectivity index (χ3n) is 3.08. The van der Waals surface area contributed by atoms with Crippen LogP contribution in [0.25, 0.3) is 0 Å². The zero-order chi connectivity index (χ0) is 14.4. The molecule has 0 saturated heterocycles. The van der Waals surface area contributed by atoms with Gasteiger partial charge < -0.3 is 10.4 Å². The van der Waals surface area contributed by atoms with E-state index in [2.05, 4.69) is 5.32 Å². The van der Waals surface area contributed by atoms with Crippen LogP contribution in [0.1, 0.15) is 29.2 Å². The molecule has 106 valence electrons. The molecule has 0 spiro atoms. The summed E-state index contributed by atoms with van der Waals surface area (Å²) in [6, 6.07) is 15.6. The van der Waals surface area contributed by atoms with E-state index in [1.807, 2.05) is 30.3 Å². The fourth-order valence-corrected chi connectivity index (χ4v) is 1.93. The number of aliphatic hydroxyl groups is 1. The molecule has 0 saturated carbocycles. The van der Waals surface area contributed by atoms with Crippen molar-refractivity contribution in [3.8, 4) is 0 Å². The molecular weight excluding hydrogens is 260 g/mol. The molecule has 2 nitrogen and oxygen atoms in total. The molecule has 0 aliphatic heterocycles. The molecule has 0 aliphatic carbocycles. The zero-order valence-corrected chi connectivity index (χ0v) is 11.0. The van der Waals surface area contributed by atoms with E-state index in [0.29, 0.717) is 13.1 Å². The molecule has 0 radical (unpaired) electrons. The summed E-state index contributed by atoms with van der Waals surface area (Å²) in [5.74, 6) is 0. The normalized spacial score (nSPS) is 12.6. The maximum absolute atomic E-state index is 12.4. The molecule has 20 heavy (non-hydrogen) atoms. The van der Waals surface area contributed by atoms with Gasteiger partial charge in [-0.1, -0.05) is 54.6 Å². The van der Waals surface area contributed by atoms with Crippen molar-refractivity contribution < 1.29 is 13.9 Å². The van der Waals surface area contributed by atoms with E-state index >= 15 is 0 Å². The van der Waals surface area contributed by atoms with Gasteiger partial charge in [-0.2, -0.15) is 0 Å². The molecule has 0 aliphatic rings. The standard InChI is InChI=1S/C16H17F2NO/c17-16(18)14-8-6-12(7-9-14)10-19-11-15(20)13-4-2-1-3-5-13/h1-9,15-16,19-20H,10-11H2. The van der Waals surface area contributed by atoms with Gasteiger partial charge in [-0.3, -0.25) is 0 Å². The lowest BCUT2D eigenvalue weighted by Crippen LogP contribution is -2.21. The minimum absolute atomic E-state index is 0.0260. The number of hydrogen-bond acceptors (Lipinski definition) is 2. The first kappa shape index (κ1) is 14.6. The lowest BCUT2D eigenvalue weighted by molar-refractivity contribution is 0.151. The van der Waals surface area contributed by atoms with Crippen LogP contribution in [0, 0.1) is 0 Å². The third-order valence-corrected chi connectivity index (χ3v) is 3.08. The summed E-state index contributed by atoms with van der Waals surface area (Å²) >= 11 is 0. The van der Waals surface area contributed by atoms with Gasteiger partial charge in [0.1, 0.15) is 0 Å². The predicted molar refractivity (Wildman–Crippen MR) is 74.5 cm³/mol. The maximum atomic E-state index is 12.4. The zero-order valence-electron chi connectivity index (χ0n) is 11.0. The Kier molecular flexibility index (Phi) is 5.21. The largest absolute Gasteiger partial charge is 0.387 e. The SMILES string of the molecule is OC(CNCc1ccc(C(F)F)cc1)c1ccccc1. The van der Waals surface area contributed by atoms with E-state index in [-0.39, 0.29) is 5.56 Å². The van der Waals surface area contributed by atoms with E-state index < -0.39 is 12.5 Å². The fraction of sp³-hybridized carbons (Fsp3) is 0.250. The van der Waals surface area contributed by atoms with E-state index in [1.54, 1.807) is 12.1 Å². The highest BCUT2D eigenvalue weighted by Gasteiger charge is 2.07. The van der Waals surface area contributed by atoms with Gasteiger partial charge in [0.2, 0.25) is 0 Å². The minimum Gasteiger partial charge on any atom is -0.387 e. The Balaban J connectivity index is 1.81. The highest BCUT2D eigenvalue weighted by Crippen LogP contribution is 2.18. The predicted octanol–water partition coefficient (Wildman–Crippen LogP) is 3.45. The molecule has 2 aromatic carbocycles. The van der Waals surface area contributed by atoms with Gasteiger partial charge >= 0.3 is 0 Å². The Labute approximate surface area is 117 Å². The molecule has 2 rings (SSSR count). The highest BCUT2D eigenvalue weighted by atomic mass is 19.3. The van der Waals surface area contributed by atoms with Gasteiger partial charge in [0, 0.05) is 18.7 Å². The van der Waals surface area contributed by atoms with Crippen molar-refractivity contribution in [1.29, 1.82) is 0 Å². The van der Waals surface area contributed by atoms with Crippen molar-refractivity contribution in [3.05, 3.63) is 71.3 Å². The lowest BCUT2D eigenvalue weighted by Gasteiger charge is -2.12. The molecule has 0 amide bonds. The van der Waals surface area contributed by atoms with Crippen LogP contribution in [0.15, 0.2) is 54.6 Å². The van der Waals surface area contributed by atoms with Gasteiger partial charge in [-0.05, 0) is 11.1 Å². The summed E-state index contributed by atoms with van der Waals surface area (Å²) in [5, 5.41) is 13.1. The van der Waals surface area contributed by atoms with Crippen molar-refractivity contribution >= 4 is 0 Å². The lowest BCUT2D eigenvalue weighted by atomic mass is 10.1. The van der Waals surface area contributed by atoms with Gasteiger partial charge in [0.05, 0.1) is 6.10 Å². The first-order chi connectivity index (χ1) is 9.66. The topological polar surface area (TPSA) is 32.3 Å². The molecule has 2 aromatic rings. The van der Waals surface area contributed by atoms with Gasteiger partial charge in [-0.15, -0.1) is 0 Å². The monoisotopic (exact) mass is 277 g/mol. The Morgan fingerprint density at radius 3 is 2.15 bits per heavy atom. The van der Waals surface area contributed by atoms with Crippen LogP contribution in [0.2, 0.25) is 0 Å². The summed E-state index contributed by atoms with van der Waals surface area (Å²) < 4.78 is 24.8. The van der Waals surface area contributed by atoms with Gasteiger partial charge in [0.25, 0.3) is 6.43 Å². The second-order valence-corrected chi connectivity index (χ2v) is 4.60. The van der Waals surface area contributed by atoms with Crippen molar-refractivity contribution in [3.63, 3.8) is 0 Å². The second-order valence-electron chi connectivity index (χ2n) is 4.60. The van der Waals surface area contributed by atoms with Gasteiger partial charge in [0.15, 0.2) is 0 Å². The number of alkyl halides is 2. The molecule has 0 aromatic heterocycles. The van der Waals surface area contributed by atoms with Crippen LogP contribution < -0.4 is 5.32 Å². The summed E-state index contributed by atoms with van der Waals surface area (Å²) in [6.07, 6.45) is -3.01. The van der Waals surface area contributed by atoms with E-state index in [9.17, 15) is 13.9 Å². The summed E-state index contributed by atoms with van der Waals surface area (Å²) in [5.41, 5.74) is 1.79. The molecule has 0 bridgehead atoms. The Hall–Kier alpha value is -1.78. The number of benzene rings is 2. The summed E-state index contributed by atoms with van der Waals surface area (Å²) in [7, 11) is 0. The average Bonchev–Trinajstić information content (AvgIpc) is 2.48. The van der Waals surface area contributed by atoms with Crippen LogP contribution in [0.5, 0.6) is 0 Å². The molecular formula is C16H17F2NO. The summed E-state index contributed by atoms with van der Waals surface area (Å²) in [6.45, 7) is 0.952. The Bertz CT molecular complexity index is 514. The van der Waals surface area contributed by atoms with E-state index in [0.717, 1.165) is 11.1 Å². The highest BCUT2D eigenvalue weighted by molar-refractivity contribution is 5.23. The first-order valence-corrected chi connectivity index (χ1v) is 6.47. The van der Waals surface area contributed by atoms with Crippen molar-refractivity contribution in [2.24, 2.45) is 0 Å². The number of hydrogen-bond donors (Lipinski definition) is 2. The number of halogens is 2. The minimum atomic E-state index is -2.43. The molecule has 4 heteroatoms. The maximum Gasteiger partial charge on any atom is 0.263 e. The Morgan fingerprint density at radius 1 is 0.900 bits per heavy atom. The molecule has 1 unspecified atom stereocenters. The van der Waals surface area contributed by atoms with Crippen LogP contribution in [0.3, 0.4) is 0 Å². The van der Waals surface area contributed by atoms with Crippen LogP contribution in [-0.4, -0.2) is 11.7 Å². The number of nitrogens with one attached hydrogen (secondary N) is 1. The van der Waals surface area contributed by atoms with Crippen molar-refractivity contribution in [2.45, 2.75) is 19.1 Å². The second kappa shape index (κ2) is 7.12. The van der Waals surface area contributed by atoms with E-state index in [4.69, 9.17) is 0 Å². The average molecular weight is 277 g/mol. The Morgan fingerprint density at radius 2 is 1.55 bits per heavy atom. The molecule has 0 fully saturated rings. The van der Waals surface area contributed by atoms with Crippen LogP contribution in [0.4, 0.5) is 8.78 Å². The van der Waals surface area contributed by atoms with E-state index in [1.165, 1.54) is 12.1 Å². The number of rotatable bonds is 6. The molecule has 1 atom stereocenters. The van der Waals surface area contributed by atoms with Crippen molar-refractivity contribution in [1.82, 2.24) is 5.32 Å². The molecule has 0 heterocycles. The third kappa shape index (κ3) is 4.11. The first-order valence-electron chi connectivity index (χ1n) is 6.47. The number of aliphatic hydroxyl groups excluding tert-OH is 1.